The number of aliphatic hydroxyl groups is 1. The van der Waals surface area contributed by atoms with Crippen LogP contribution in [0.15, 0.2) is 97.2 Å². The number of carbonyl (C=O) groups is 2. The predicted molar refractivity (Wildman–Crippen MR) is 380 cm³/mol. The Morgan fingerprint density at radius 1 is 0.279 bits per heavy atom. The zero-order chi connectivity index (χ0) is 61.9. The molecule has 1 atom stereocenters. The molecule has 0 aliphatic rings. The molecule has 0 saturated carbocycles. The van der Waals surface area contributed by atoms with E-state index >= 15 is 0 Å². The lowest BCUT2D eigenvalue weighted by Crippen LogP contribution is -2.28. The number of hydrogen-bond acceptors (Lipinski definition) is 5. The summed E-state index contributed by atoms with van der Waals surface area (Å²) < 4.78 is 10.8. The first-order valence-corrected chi connectivity index (χ1v) is 37.8. The van der Waals surface area contributed by atoms with Crippen LogP contribution in [-0.2, 0) is 19.1 Å². The third-order valence-electron chi connectivity index (χ3n) is 16.9. The van der Waals surface area contributed by atoms with Gasteiger partial charge in [0.1, 0.15) is 6.61 Å². The maximum absolute atomic E-state index is 12.4. The third kappa shape index (κ3) is 73.3. The molecular formula is C81H144O5. The van der Waals surface area contributed by atoms with E-state index in [1.807, 2.05) is 0 Å². The van der Waals surface area contributed by atoms with E-state index in [1.54, 1.807) is 0 Å². The standard InChI is InChI=1S/C81H144O5/c1-3-5-7-9-11-13-15-17-19-21-23-25-27-29-31-33-35-37-39-40-42-44-46-48-50-52-54-56-58-60-62-64-66-68-70-72-74-76-81(84)86-79(77-82)78-85-80(83)75-73-71-69-67-65-63-61-59-57-55-53-51-49-47-45-43-41-38-36-34-32-30-28-26-24-22-20-18-16-14-12-10-8-6-4-2/h5,7,11,13,17,19,23,25,29,31,35,37,40,42,46,48,79,82H,3-4,6,8-10,12,14-16,18,20-22,24,26-28,30,32-34,36,38-39,41,43-45,47,49-78H2,1-2H3/b7-5-,13-11-,19-17-,25-23-,31-29-,37-35-,42-40-,48-46-. The fraction of sp³-hybridized carbons (Fsp3) is 0.778. The predicted octanol–water partition coefficient (Wildman–Crippen LogP) is 26.5. The van der Waals surface area contributed by atoms with Crippen molar-refractivity contribution in [3.05, 3.63) is 97.2 Å². The minimum atomic E-state index is -0.778. The van der Waals surface area contributed by atoms with Crippen molar-refractivity contribution in [3.63, 3.8) is 0 Å². The lowest BCUT2D eigenvalue weighted by atomic mass is 10.0. The van der Waals surface area contributed by atoms with Gasteiger partial charge >= 0.3 is 11.9 Å². The van der Waals surface area contributed by atoms with Crippen molar-refractivity contribution in [2.24, 2.45) is 0 Å². The van der Waals surface area contributed by atoms with Crippen molar-refractivity contribution in [1.82, 2.24) is 0 Å². The van der Waals surface area contributed by atoms with E-state index in [0.29, 0.717) is 12.8 Å². The van der Waals surface area contributed by atoms with Crippen LogP contribution >= 0.6 is 0 Å². The van der Waals surface area contributed by atoms with Crippen LogP contribution in [0.2, 0.25) is 0 Å². The third-order valence-corrected chi connectivity index (χ3v) is 16.9. The summed E-state index contributed by atoms with van der Waals surface area (Å²) in [6.45, 7) is 4.07. The first-order chi connectivity index (χ1) is 42.6. The van der Waals surface area contributed by atoms with E-state index < -0.39 is 6.10 Å². The molecule has 0 saturated heterocycles. The van der Waals surface area contributed by atoms with E-state index in [4.69, 9.17) is 9.47 Å². The van der Waals surface area contributed by atoms with Crippen molar-refractivity contribution in [2.45, 2.75) is 392 Å². The molecule has 0 radical (unpaired) electrons. The van der Waals surface area contributed by atoms with E-state index in [2.05, 4.69) is 111 Å². The van der Waals surface area contributed by atoms with Crippen molar-refractivity contribution in [1.29, 1.82) is 0 Å². The summed E-state index contributed by atoms with van der Waals surface area (Å²) >= 11 is 0. The summed E-state index contributed by atoms with van der Waals surface area (Å²) in [5.41, 5.74) is 0. The minimum absolute atomic E-state index is 0.0656. The van der Waals surface area contributed by atoms with Crippen molar-refractivity contribution >= 4 is 11.9 Å². The topological polar surface area (TPSA) is 72.8 Å². The molecule has 1 unspecified atom stereocenters. The molecule has 1 N–H and O–H groups in total. The second-order valence-electron chi connectivity index (χ2n) is 25.4. The highest BCUT2D eigenvalue weighted by Crippen LogP contribution is 2.19. The SMILES string of the molecule is CC/C=C\C/C=C\C/C=C\C/C=C\C/C=C\C/C=C\C/C=C\C/C=C\CCCCCCCCCCCCCCC(=O)OC(CO)COC(=O)CCCCCCCCCCCCCCCCCCCCCCCCCCCCCCCCCCCCC. The van der Waals surface area contributed by atoms with Gasteiger partial charge in [-0.25, -0.2) is 0 Å². The van der Waals surface area contributed by atoms with Gasteiger partial charge in [0.2, 0.25) is 0 Å². The lowest BCUT2D eigenvalue weighted by Gasteiger charge is -2.15. The van der Waals surface area contributed by atoms with Crippen molar-refractivity contribution < 1.29 is 24.2 Å². The van der Waals surface area contributed by atoms with Gasteiger partial charge in [-0.3, -0.25) is 9.59 Å². The summed E-state index contributed by atoms with van der Waals surface area (Å²) in [6.07, 6.45) is 109. The quantitative estimate of drug-likeness (QED) is 0.0373. The molecule has 0 aromatic heterocycles. The van der Waals surface area contributed by atoms with Crippen LogP contribution in [0.1, 0.15) is 386 Å². The molecule has 0 rings (SSSR count). The summed E-state index contributed by atoms with van der Waals surface area (Å²) in [5.74, 6) is -0.578. The number of rotatable bonds is 70. The van der Waals surface area contributed by atoms with Crippen LogP contribution in [0.3, 0.4) is 0 Å². The van der Waals surface area contributed by atoms with Gasteiger partial charge in [0.25, 0.3) is 0 Å². The number of esters is 2. The van der Waals surface area contributed by atoms with Gasteiger partial charge in [-0.05, 0) is 77.0 Å². The van der Waals surface area contributed by atoms with Crippen molar-refractivity contribution in [2.75, 3.05) is 13.2 Å². The van der Waals surface area contributed by atoms with Gasteiger partial charge in [-0.1, -0.05) is 394 Å². The monoisotopic (exact) mass is 1200 g/mol. The smallest absolute Gasteiger partial charge is 0.306 e. The second kappa shape index (κ2) is 76.1. The molecule has 0 aromatic carbocycles. The Balaban J connectivity index is 3.44. The van der Waals surface area contributed by atoms with E-state index in [0.717, 1.165) is 89.9 Å². The summed E-state index contributed by atoms with van der Waals surface area (Å²) in [5, 5.41) is 9.72. The fourth-order valence-electron chi connectivity index (χ4n) is 11.3. The Labute approximate surface area is 536 Å². The number of hydrogen-bond donors (Lipinski definition) is 1. The zero-order valence-electron chi connectivity index (χ0n) is 57.3. The average molecular weight is 1200 g/mol. The van der Waals surface area contributed by atoms with Crippen LogP contribution < -0.4 is 0 Å². The molecule has 498 valence electrons. The molecule has 0 fully saturated rings. The van der Waals surface area contributed by atoms with E-state index in [1.165, 1.54) is 270 Å². The van der Waals surface area contributed by atoms with Gasteiger partial charge in [0, 0.05) is 12.8 Å². The van der Waals surface area contributed by atoms with Gasteiger partial charge in [0.05, 0.1) is 6.61 Å². The maximum atomic E-state index is 12.4. The Morgan fingerprint density at radius 3 is 0.756 bits per heavy atom. The fourth-order valence-corrected chi connectivity index (χ4v) is 11.3. The molecule has 0 bridgehead atoms. The summed E-state index contributed by atoms with van der Waals surface area (Å²) in [6, 6.07) is 0. The van der Waals surface area contributed by atoms with Gasteiger partial charge in [-0.2, -0.15) is 0 Å². The highest BCUT2D eigenvalue weighted by molar-refractivity contribution is 5.70. The molecular weight excluding hydrogens is 1050 g/mol. The molecule has 5 nitrogen and oxygen atoms in total. The number of ether oxygens (including phenoxy) is 2. The molecule has 0 aliphatic heterocycles. The van der Waals surface area contributed by atoms with E-state index in [-0.39, 0.29) is 25.2 Å². The lowest BCUT2D eigenvalue weighted by molar-refractivity contribution is -0.161. The molecule has 5 heteroatoms. The largest absolute Gasteiger partial charge is 0.462 e. The Kier molecular flexibility index (Phi) is 73.3. The van der Waals surface area contributed by atoms with Crippen LogP contribution in [0.5, 0.6) is 0 Å². The Morgan fingerprint density at radius 2 is 0.500 bits per heavy atom. The van der Waals surface area contributed by atoms with Crippen LogP contribution in [-0.4, -0.2) is 36.4 Å². The van der Waals surface area contributed by atoms with Crippen LogP contribution in [0.25, 0.3) is 0 Å². The summed E-state index contributed by atoms with van der Waals surface area (Å²) in [7, 11) is 0. The first-order valence-electron chi connectivity index (χ1n) is 37.8. The molecule has 0 amide bonds. The van der Waals surface area contributed by atoms with Crippen LogP contribution in [0.4, 0.5) is 0 Å². The minimum Gasteiger partial charge on any atom is -0.462 e. The van der Waals surface area contributed by atoms with Crippen LogP contribution in [0, 0.1) is 0 Å². The number of unbranched alkanes of at least 4 members (excludes halogenated alkanes) is 46. The van der Waals surface area contributed by atoms with Gasteiger partial charge in [-0.15, -0.1) is 0 Å². The molecule has 0 spiro atoms. The Bertz CT molecular complexity index is 1600. The zero-order valence-corrected chi connectivity index (χ0v) is 57.3. The maximum Gasteiger partial charge on any atom is 0.306 e. The molecule has 0 heterocycles. The normalized spacial score (nSPS) is 12.7. The van der Waals surface area contributed by atoms with E-state index in [9.17, 15) is 14.7 Å². The number of aliphatic hydroxyl groups excluding tert-OH is 1. The number of allylic oxidation sites excluding steroid dienone is 16. The van der Waals surface area contributed by atoms with Gasteiger partial charge < -0.3 is 14.6 Å². The number of carbonyl (C=O) groups excluding carboxylic acids is 2. The highest BCUT2D eigenvalue weighted by atomic mass is 16.6. The summed E-state index contributed by atoms with van der Waals surface area (Å²) in [4.78, 5) is 24.7. The average Bonchev–Trinajstić information content (AvgIpc) is 3.53. The first kappa shape index (κ1) is 82.8. The highest BCUT2D eigenvalue weighted by Gasteiger charge is 2.16. The Hall–Kier alpha value is -3.18. The second-order valence-corrected chi connectivity index (χ2v) is 25.4. The molecule has 0 aliphatic carbocycles. The molecule has 0 aromatic rings. The van der Waals surface area contributed by atoms with Gasteiger partial charge in [0.15, 0.2) is 6.10 Å². The van der Waals surface area contributed by atoms with Crippen molar-refractivity contribution in [3.8, 4) is 0 Å². The molecule has 86 heavy (non-hydrogen) atoms.